The lowest BCUT2D eigenvalue weighted by Crippen LogP contribution is -1.78. The maximum Gasteiger partial charge on any atom is 0.300 e. The van der Waals surface area contributed by atoms with E-state index in [4.69, 9.17) is 49.5 Å². The van der Waals surface area contributed by atoms with Crippen molar-refractivity contribution in [2.75, 3.05) is 0 Å². The standard InChI is InChI=1S/5C2H4O2.2H3N/c5*1-2(3)4;;/h5*1H3,(H,3,4);2*1H3. The summed E-state index contributed by atoms with van der Waals surface area (Å²) in [5.41, 5.74) is 0. The van der Waals surface area contributed by atoms with E-state index in [-0.39, 0.29) is 12.3 Å². The van der Waals surface area contributed by atoms with Crippen LogP contribution in [0.25, 0.3) is 0 Å². The van der Waals surface area contributed by atoms with Gasteiger partial charge in [0.25, 0.3) is 29.8 Å². The normalized spacial score (nSPS) is 5.68. The van der Waals surface area contributed by atoms with Crippen LogP contribution in [0.3, 0.4) is 0 Å². The van der Waals surface area contributed by atoms with Gasteiger partial charge in [-0.3, -0.25) is 24.0 Å². The molecule has 0 aliphatic heterocycles. The second-order valence-electron chi connectivity index (χ2n) is 2.60. The SMILES string of the molecule is CC(=O)O.CC(=O)O.CC(=O)O.CC(=O)O.CC(=O)O.N.N. The molecule has 0 bridgehead atoms. The van der Waals surface area contributed by atoms with Gasteiger partial charge in [0.05, 0.1) is 0 Å². The first-order valence-electron chi connectivity index (χ1n) is 4.64. The van der Waals surface area contributed by atoms with Crippen LogP contribution < -0.4 is 12.3 Å². The van der Waals surface area contributed by atoms with Crippen LogP contribution in [0, 0.1) is 0 Å². The van der Waals surface area contributed by atoms with Crippen LogP contribution in [0.1, 0.15) is 34.6 Å². The average molecular weight is 334 g/mol. The molecule has 0 unspecified atom stereocenters. The highest BCUT2D eigenvalue weighted by Gasteiger charge is 1.66. The lowest BCUT2D eigenvalue weighted by Gasteiger charge is -1.59. The van der Waals surface area contributed by atoms with Crippen molar-refractivity contribution in [2.45, 2.75) is 34.6 Å². The van der Waals surface area contributed by atoms with Crippen LogP contribution in [0.2, 0.25) is 0 Å². The van der Waals surface area contributed by atoms with Crippen molar-refractivity contribution in [2.24, 2.45) is 0 Å². The van der Waals surface area contributed by atoms with E-state index in [9.17, 15) is 0 Å². The van der Waals surface area contributed by atoms with Gasteiger partial charge in [-0.1, -0.05) is 0 Å². The summed E-state index contributed by atoms with van der Waals surface area (Å²) in [6, 6.07) is 0. The van der Waals surface area contributed by atoms with Crippen LogP contribution in [0.15, 0.2) is 0 Å². The van der Waals surface area contributed by atoms with Crippen molar-refractivity contribution in [3.63, 3.8) is 0 Å². The highest BCUT2D eigenvalue weighted by molar-refractivity contribution is 5.63. The zero-order valence-electron chi connectivity index (χ0n) is 13.2. The fourth-order valence-corrected chi connectivity index (χ4v) is 0. The summed E-state index contributed by atoms with van der Waals surface area (Å²) < 4.78 is 0. The van der Waals surface area contributed by atoms with E-state index < -0.39 is 29.8 Å². The third-order valence-electron chi connectivity index (χ3n) is 0. The van der Waals surface area contributed by atoms with Crippen LogP contribution in [-0.4, -0.2) is 55.4 Å². The van der Waals surface area contributed by atoms with Crippen molar-refractivity contribution in [3.05, 3.63) is 0 Å². The van der Waals surface area contributed by atoms with Gasteiger partial charge in [0.15, 0.2) is 0 Å². The number of hydrogen-bond donors (Lipinski definition) is 7. The summed E-state index contributed by atoms with van der Waals surface area (Å²) in [6.45, 7) is 5.42. The van der Waals surface area contributed by atoms with Crippen molar-refractivity contribution in [1.82, 2.24) is 12.3 Å². The van der Waals surface area contributed by atoms with Gasteiger partial charge in [-0.05, 0) is 0 Å². The minimum atomic E-state index is -0.833. The molecule has 0 atom stereocenters. The molecule has 11 N–H and O–H groups in total. The summed E-state index contributed by atoms with van der Waals surface area (Å²) in [4.78, 5) is 45.0. The summed E-state index contributed by atoms with van der Waals surface area (Å²) in [5.74, 6) is -4.17. The predicted octanol–water partition coefficient (Wildman–Crippen LogP) is 0.779. The van der Waals surface area contributed by atoms with Gasteiger partial charge >= 0.3 is 0 Å². The van der Waals surface area contributed by atoms with Gasteiger partial charge in [-0.15, -0.1) is 0 Å². The minimum absolute atomic E-state index is 0. The number of carbonyl (C=O) groups is 5. The molecular formula is C10H26N2O10. The van der Waals surface area contributed by atoms with E-state index in [1.807, 2.05) is 0 Å². The maximum absolute atomic E-state index is 9.00. The van der Waals surface area contributed by atoms with Crippen molar-refractivity contribution < 1.29 is 49.5 Å². The second-order valence-corrected chi connectivity index (χ2v) is 2.60. The average Bonchev–Trinajstić information content (AvgIpc) is 1.94. The third kappa shape index (κ3) is 613. The van der Waals surface area contributed by atoms with E-state index in [0.29, 0.717) is 0 Å². The van der Waals surface area contributed by atoms with Crippen molar-refractivity contribution in [3.8, 4) is 0 Å². The van der Waals surface area contributed by atoms with Crippen molar-refractivity contribution >= 4 is 29.8 Å². The smallest absolute Gasteiger partial charge is 0.300 e. The quantitative estimate of drug-likeness (QED) is 0.324. The molecule has 22 heavy (non-hydrogen) atoms. The summed E-state index contributed by atoms with van der Waals surface area (Å²) in [5, 5.41) is 37.1. The highest BCUT2D eigenvalue weighted by atomic mass is 16.4. The first kappa shape index (κ1) is 42.7. The number of carboxylic acid groups (broad SMARTS) is 5. The predicted molar refractivity (Wildman–Crippen MR) is 76.6 cm³/mol. The molecule has 136 valence electrons. The van der Waals surface area contributed by atoms with E-state index >= 15 is 0 Å². The Labute approximate surface area is 127 Å². The van der Waals surface area contributed by atoms with Crippen LogP contribution >= 0.6 is 0 Å². The zero-order chi connectivity index (χ0) is 17.9. The zero-order valence-corrected chi connectivity index (χ0v) is 13.2. The molecule has 0 saturated carbocycles. The number of carboxylic acids is 5. The van der Waals surface area contributed by atoms with Crippen LogP contribution in [-0.2, 0) is 24.0 Å². The molecule has 12 heteroatoms. The van der Waals surface area contributed by atoms with E-state index in [1.54, 1.807) is 0 Å². The van der Waals surface area contributed by atoms with Gasteiger partial charge in [0.1, 0.15) is 0 Å². The molecule has 0 amide bonds. The molecule has 0 aromatic carbocycles. The Bertz CT molecular complexity index is 214. The molecule has 0 rings (SSSR count). The van der Waals surface area contributed by atoms with Gasteiger partial charge in [0.2, 0.25) is 0 Å². The van der Waals surface area contributed by atoms with E-state index in [1.165, 1.54) is 0 Å². The lowest BCUT2D eigenvalue weighted by molar-refractivity contribution is -0.135. The molecule has 0 aliphatic rings. The lowest BCUT2D eigenvalue weighted by atomic mass is 10.9. The number of rotatable bonds is 0. The van der Waals surface area contributed by atoms with Crippen LogP contribution in [0.5, 0.6) is 0 Å². The Kier molecular flexibility index (Phi) is 70.3. The molecule has 0 aromatic heterocycles. The van der Waals surface area contributed by atoms with Gasteiger partial charge in [0, 0.05) is 34.6 Å². The topological polar surface area (TPSA) is 256 Å². The summed E-state index contributed by atoms with van der Waals surface area (Å²) in [7, 11) is 0. The molecule has 0 heterocycles. The molecule has 0 spiro atoms. The van der Waals surface area contributed by atoms with E-state index in [0.717, 1.165) is 34.6 Å². The van der Waals surface area contributed by atoms with E-state index in [2.05, 4.69) is 0 Å². The molecule has 0 aliphatic carbocycles. The molecule has 0 radical (unpaired) electrons. The summed E-state index contributed by atoms with van der Waals surface area (Å²) in [6.07, 6.45) is 0. The first-order chi connectivity index (χ1) is 8.66. The Hall–Kier alpha value is -2.73. The Balaban J connectivity index is -0.0000000250. The fraction of sp³-hybridized carbons (Fsp3) is 0.500. The molecule has 0 aromatic rings. The van der Waals surface area contributed by atoms with Crippen LogP contribution in [0.4, 0.5) is 0 Å². The molecule has 12 nitrogen and oxygen atoms in total. The molecule has 0 fully saturated rings. The maximum atomic E-state index is 9.00. The first-order valence-corrected chi connectivity index (χ1v) is 4.64. The highest BCUT2D eigenvalue weighted by Crippen LogP contribution is 1.43. The Morgan fingerprint density at radius 1 is 0.409 bits per heavy atom. The minimum Gasteiger partial charge on any atom is -0.481 e. The Morgan fingerprint density at radius 3 is 0.409 bits per heavy atom. The van der Waals surface area contributed by atoms with Crippen molar-refractivity contribution in [1.29, 1.82) is 0 Å². The summed E-state index contributed by atoms with van der Waals surface area (Å²) >= 11 is 0. The molecular weight excluding hydrogens is 308 g/mol. The number of aliphatic carboxylic acids is 5. The van der Waals surface area contributed by atoms with Gasteiger partial charge in [-0.2, -0.15) is 0 Å². The third-order valence-corrected chi connectivity index (χ3v) is 0. The number of hydrogen-bond acceptors (Lipinski definition) is 7. The molecule has 0 saturated heterocycles. The van der Waals surface area contributed by atoms with Gasteiger partial charge < -0.3 is 37.8 Å². The Morgan fingerprint density at radius 2 is 0.409 bits per heavy atom. The van der Waals surface area contributed by atoms with Gasteiger partial charge in [-0.25, -0.2) is 0 Å². The largest absolute Gasteiger partial charge is 0.481 e. The monoisotopic (exact) mass is 334 g/mol. The second kappa shape index (κ2) is 36.2. The fourth-order valence-electron chi connectivity index (χ4n) is 0.